The predicted molar refractivity (Wildman–Crippen MR) is 55.0 cm³/mol. The van der Waals surface area contributed by atoms with Crippen LogP contribution in [0.15, 0.2) is 0 Å². The minimum atomic E-state index is -0.624. The molecule has 0 saturated heterocycles. The normalized spacial score (nSPS) is 9.40. The molecule has 0 bridgehead atoms. The average Bonchev–Trinajstić information content (AvgIpc) is 2.19. The number of carbonyl (C=O) groups is 2. The zero-order chi connectivity index (χ0) is 11.5. The molecule has 0 atom stereocenters. The van der Waals surface area contributed by atoms with E-state index in [-0.39, 0.29) is 19.7 Å². The average molecular weight is 214 g/mol. The van der Waals surface area contributed by atoms with Crippen LogP contribution in [0.25, 0.3) is 0 Å². The number of hydrogen-bond acceptors (Lipinski definition) is 4. The van der Waals surface area contributed by atoms with Gasteiger partial charge in [0.05, 0.1) is 6.61 Å². The van der Waals surface area contributed by atoms with Gasteiger partial charge in [-0.25, -0.2) is 4.79 Å². The largest absolute Gasteiger partial charge is 0.447 e. The number of ether oxygens (including phenoxy) is 2. The highest BCUT2D eigenvalue weighted by Crippen LogP contribution is 1.79. The van der Waals surface area contributed by atoms with Gasteiger partial charge >= 0.3 is 6.09 Å². The first-order valence-corrected chi connectivity index (χ1v) is 4.68. The number of alkyl carbamates (subject to hydrolysis) is 1. The van der Waals surface area contributed by atoms with E-state index in [4.69, 9.17) is 17.3 Å². The third-order valence-electron chi connectivity index (χ3n) is 1.36. The molecule has 0 aromatic rings. The molecule has 0 aliphatic rings. The maximum atomic E-state index is 10.9. The molecule has 7 heteroatoms. The van der Waals surface area contributed by atoms with Crippen LogP contribution in [0.2, 0.25) is 0 Å². The summed E-state index contributed by atoms with van der Waals surface area (Å²) in [6, 6.07) is 0. The first kappa shape index (κ1) is 13.8. The Bertz CT molecular complexity index is 201. The number of nitrogens with one attached hydrogen (secondary N) is 2. The first-order valence-electron chi connectivity index (χ1n) is 4.68. The first-order chi connectivity index (χ1) is 7.16. The van der Waals surface area contributed by atoms with Gasteiger partial charge in [0.25, 0.3) is 0 Å². The van der Waals surface area contributed by atoms with Crippen molar-refractivity contribution in [2.24, 2.45) is 0 Å². The number of rotatable bonds is 7. The molecule has 6 nitrogen and oxygen atoms in total. The third kappa shape index (κ3) is 10.7. The summed E-state index contributed by atoms with van der Waals surface area (Å²) in [4.78, 5) is 21.2. The Morgan fingerprint density at radius 2 is 1.87 bits per heavy atom. The van der Waals surface area contributed by atoms with Crippen molar-refractivity contribution in [3.63, 3.8) is 0 Å². The maximum absolute atomic E-state index is 10.9. The lowest BCUT2D eigenvalue weighted by molar-refractivity contribution is 0.0789. The highest BCUT2D eigenvalue weighted by Gasteiger charge is 1.99. The van der Waals surface area contributed by atoms with Crippen LogP contribution in [0.4, 0.5) is 9.59 Å². The van der Waals surface area contributed by atoms with E-state index in [1.54, 1.807) is 0 Å². The Kier molecular flexibility index (Phi) is 8.56. The molecule has 0 aromatic heterocycles. The summed E-state index contributed by atoms with van der Waals surface area (Å²) in [5, 5.41) is 4.75. The molecule has 15 heavy (non-hydrogen) atoms. The topological polar surface area (TPSA) is 76.7 Å². The van der Waals surface area contributed by atoms with Crippen molar-refractivity contribution in [3.05, 3.63) is 0 Å². The van der Waals surface area contributed by atoms with E-state index < -0.39 is 11.9 Å². The smallest absolute Gasteiger partial charge is 0.407 e. The van der Waals surface area contributed by atoms with Crippen LogP contribution >= 0.6 is 0 Å². The van der Waals surface area contributed by atoms with Gasteiger partial charge in [-0.15, -0.1) is 0 Å². The second-order valence-electron chi connectivity index (χ2n) is 2.55. The summed E-state index contributed by atoms with van der Waals surface area (Å²) < 4.78 is 9.69. The Morgan fingerprint density at radius 1 is 1.20 bits per heavy atom. The SMILES string of the molecule is [B]C(=O)NCCNC(=O)OCCOCC. The molecule has 0 heterocycles. The van der Waals surface area contributed by atoms with Crippen molar-refractivity contribution in [2.75, 3.05) is 32.9 Å². The van der Waals surface area contributed by atoms with E-state index in [1.165, 1.54) is 0 Å². The van der Waals surface area contributed by atoms with Crippen molar-refractivity contribution in [2.45, 2.75) is 6.92 Å². The van der Waals surface area contributed by atoms with Crippen molar-refractivity contribution in [3.8, 4) is 0 Å². The van der Waals surface area contributed by atoms with Gasteiger partial charge in [0.15, 0.2) is 13.7 Å². The summed E-state index contributed by atoms with van der Waals surface area (Å²) in [6.07, 6.45) is -0.541. The Balaban J connectivity index is 3.22. The number of carbonyl (C=O) groups excluding carboxylic acids is 2. The van der Waals surface area contributed by atoms with Gasteiger partial charge in [0.1, 0.15) is 6.61 Å². The van der Waals surface area contributed by atoms with Gasteiger partial charge in [-0.2, -0.15) is 0 Å². The van der Waals surface area contributed by atoms with Crippen molar-refractivity contribution < 1.29 is 19.1 Å². The Hall–Kier alpha value is -1.24. The summed E-state index contributed by atoms with van der Waals surface area (Å²) in [6.45, 7) is 3.59. The highest BCUT2D eigenvalue weighted by atomic mass is 16.6. The van der Waals surface area contributed by atoms with Crippen molar-refractivity contribution >= 4 is 19.7 Å². The Morgan fingerprint density at radius 3 is 2.47 bits per heavy atom. The molecule has 0 unspecified atom stereocenters. The zero-order valence-corrected chi connectivity index (χ0v) is 8.75. The van der Waals surface area contributed by atoms with Crippen LogP contribution in [-0.2, 0) is 9.47 Å². The van der Waals surface area contributed by atoms with E-state index in [0.29, 0.717) is 13.2 Å². The molecular formula is C8H15BN2O4. The molecule has 0 rings (SSSR count). The summed E-state index contributed by atoms with van der Waals surface area (Å²) in [5.41, 5.74) is 0. The lowest BCUT2D eigenvalue weighted by Crippen LogP contribution is -2.34. The van der Waals surface area contributed by atoms with Gasteiger partial charge in [0.2, 0.25) is 0 Å². The van der Waals surface area contributed by atoms with Gasteiger partial charge in [-0.1, -0.05) is 0 Å². The van der Waals surface area contributed by atoms with E-state index in [1.807, 2.05) is 6.92 Å². The third-order valence-corrected chi connectivity index (χ3v) is 1.36. The summed E-state index contributed by atoms with van der Waals surface area (Å²) in [5.74, 6) is -0.624. The van der Waals surface area contributed by atoms with Crippen LogP contribution in [0, 0.1) is 0 Å². The van der Waals surface area contributed by atoms with Crippen LogP contribution < -0.4 is 10.6 Å². The van der Waals surface area contributed by atoms with Gasteiger partial charge in [-0.3, -0.25) is 4.79 Å². The lowest BCUT2D eigenvalue weighted by Gasteiger charge is -2.07. The molecule has 0 aliphatic heterocycles. The van der Waals surface area contributed by atoms with Crippen LogP contribution in [0.1, 0.15) is 6.92 Å². The molecule has 0 aliphatic carbocycles. The van der Waals surface area contributed by atoms with Gasteiger partial charge in [-0.05, 0) is 6.92 Å². The van der Waals surface area contributed by atoms with Gasteiger partial charge < -0.3 is 20.1 Å². The Labute approximate surface area is 90.1 Å². The quantitative estimate of drug-likeness (QED) is 0.447. The maximum Gasteiger partial charge on any atom is 0.407 e. The molecule has 0 saturated carbocycles. The van der Waals surface area contributed by atoms with Crippen molar-refractivity contribution in [1.29, 1.82) is 0 Å². The standard InChI is InChI=1S/C8H15BN2O4/c1-2-14-5-6-15-8(13)11-4-3-10-7(9)12/h2-6H2,1H3,(H,10,12)(H,11,13). The number of hydrogen-bond donors (Lipinski definition) is 2. The zero-order valence-electron chi connectivity index (χ0n) is 8.75. The molecule has 0 spiro atoms. The molecule has 0 aromatic carbocycles. The second kappa shape index (κ2) is 9.33. The fraction of sp³-hybridized carbons (Fsp3) is 0.750. The lowest BCUT2D eigenvalue weighted by atomic mass is 10.1. The van der Waals surface area contributed by atoms with Crippen LogP contribution in [-0.4, -0.2) is 52.7 Å². The highest BCUT2D eigenvalue weighted by molar-refractivity contribution is 6.57. The van der Waals surface area contributed by atoms with Crippen LogP contribution in [0.3, 0.4) is 0 Å². The fourth-order valence-corrected chi connectivity index (χ4v) is 0.739. The molecule has 2 amide bonds. The van der Waals surface area contributed by atoms with E-state index in [2.05, 4.69) is 10.6 Å². The molecule has 2 N–H and O–H groups in total. The van der Waals surface area contributed by atoms with E-state index >= 15 is 0 Å². The monoisotopic (exact) mass is 214 g/mol. The predicted octanol–water partition coefficient (Wildman–Crippen LogP) is -0.373. The fourth-order valence-electron chi connectivity index (χ4n) is 0.739. The summed E-state index contributed by atoms with van der Waals surface area (Å²) in [7, 11) is 4.81. The second-order valence-corrected chi connectivity index (χ2v) is 2.55. The van der Waals surface area contributed by atoms with Crippen molar-refractivity contribution in [1.82, 2.24) is 10.6 Å². The number of amides is 2. The van der Waals surface area contributed by atoms with Crippen LogP contribution in [0.5, 0.6) is 0 Å². The molecule has 2 radical (unpaired) electrons. The molecule has 0 fully saturated rings. The molecular weight excluding hydrogens is 199 g/mol. The van der Waals surface area contributed by atoms with E-state index in [0.717, 1.165) is 0 Å². The minimum absolute atomic E-state index is 0.211. The summed E-state index contributed by atoms with van der Waals surface area (Å²) >= 11 is 0. The van der Waals surface area contributed by atoms with Gasteiger partial charge in [0, 0.05) is 19.7 Å². The minimum Gasteiger partial charge on any atom is -0.447 e. The van der Waals surface area contributed by atoms with E-state index in [9.17, 15) is 9.59 Å². The molecule has 84 valence electrons.